The van der Waals surface area contributed by atoms with Gasteiger partial charge in [0.2, 0.25) is 0 Å². The minimum absolute atomic E-state index is 0.861. The number of pyridine rings is 1. The van der Waals surface area contributed by atoms with Gasteiger partial charge in [-0.15, -0.1) is 0 Å². The predicted octanol–water partition coefficient (Wildman–Crippen LogP) is 5.75. The second kappa shape index (κ2) is 6.54. The molecular weight excluding hydrogens is 330 g/mol. The maximum atomic E-state index is 4.95. The van der Waals surface area contributed by atoms with Crippen molar-refractivity contribution >= 4 is 11.2 Å². The molecule has 0 atom stereocenters. The first kappa shape index (κ1) is 15.5. The van der Waals surface area contributed by atoms with Gasteiger partial charge >= 0.3 is 0 Å². The summed E-state index contributed by atoms with van der Waals surface area (Å²) >= 11 is 0. The molecule has 3 aromatic carbocycles. The first-order chi connectivity index (χ1) is 13.4. The van der Waals surface area contributed by atoms with E-state index in [1.54, 1.807) is 0 Å². The summed E-state index contributed by atoms with van der Waals surface area (Å²) in [5, 5.41) is 0. The summed E-state index contributed by atoms with van der Waals surface area (Å²) in [4.78, 5) is 9.73. The average molecular weight is 347 g/mol. The Bertz CT molecular complexity index is 1190. The molecule has 0 unspecified atom stereocenters. The minimum atomic E-state index is 0.861. The third-order valence-electron chi connectivity index (χ3n) is 4.65. The molecule has 3 heteroatoms. The third kappa shape index (κ3) is 2.79. The molecule has 128 valence electrons. The molecule has 3 nitrogen and oxygen atoms in total. The second-order valence-electron chi connectivity index (χ2n) is 6.41. The van der Waals surface area contributed by atoms with Gasteiger partial charge in [-0.2, -0.15) is 0 Å². The Kier molecular flexibility index (Phi) is 3.76. The summed E-state index contributed by atoms with van der Waals surface area (Å²) in [7, 11) is 0. The van der Waals surface area contributed by atoms with Crippen molar-refractivity contribution in [2.45, 2.75) is 0 Å². The van der Waals surface area contributed by atoms with Crippen LogP contribution in [0, 0.1) is 0 Å². The largest absolute Gasteiger partial charge is 0.277 e. The molecular formula is C24H17N3. The van der Waals surface area contributed by atoms with Crippen molar-refractivity contribution in [3.63, 3.8) is 0 Å². The van der Waals surface area contributed by atoms with E-state index in [1.165, 1.54) is 0 Å². The molecule has 0 saturated heterocycles. The normalized spacial score (nSPS) is 11.0. The molecule has 0 amide bonds. The molecule has 0 spiro atoms. The number of rotatable bonds is 3. The standard InChI is InChI=1S/C24H17N3/c1-4-10-18(11-5-1)20-16-22-24(25-17-20)27(21-14-8-3-9-15-21)23(26-22)19-12-6-2-7-13-19/h1-17H. The smallest absolute Gasteiger partial charge is 0.164 e. The molecule has 2 heterocycles. The number of para-hydroxylation sites is 1. The van der Waals surface area contributed by atoms with Crippen molar-refractivity contribution in [3.05, 3.63) is 103 Å². The SMILES string of the molecule is c1ccc(-c2cnc3c(c2)nc(-c2ccccc2)n3-c2ccccc2)cc1. The van der Waals surface area contributed by atoms with Crippen LogP contribution < -0.4 is 0 Å². The molecule has 0 aliphatic carbocycles. The van der Waals surface area contributed by atoms with Crippen molar-refractivity contribution in [3.8, 4) is 28.2 Å². The summed E-state index contributed by atoms with van der Waals surface area (Å²) in [5.74, 6) is 0.898. The lowest BCUT2D eigenvalue weighted by Crippen LogP contribution is -1.98. The maximum absolute atomic E-state index is 4.95. The molecule has 0 N–H and O–H groups in total. The van der Waals surface area contributed by atoms with Gasteiger partial charge in [0, 0.05) is 23.0 Å². The molecule has 0 radical (unpaired) electrons. The molecule has 5 rings (SSSR count). The second-order valence-corrected chi connectivity index (χ2v) is 6.41. The van der Waals surface area contributed by atoms with E-state index in [-0.39, 0.29) is 0 Å². The van der Waals surface area contributed by atoms with Crippen LogP contribution in [0.15, 0.2) is 103 Å². The van der Waals surface area contributed by atoms with E-state index in [1.807, 2.05) is 60.8 Å². The molecule has 27 heavy (non-hydrogen) atoms. The Morgan fingerprint density at radius 3 is 1.85 bits per heavy atom. The van der Waals surface area contributed by atoms with E-state index < -0.39 is 0 Å². The van der Waals surface area contributed by atoms with Crippen LogP contribution in [0.1, 0.15) is 0 Å². The number of fused-ring (bicyclic) bond motifs is 1. The van der Waals surface area contributed by atoms with Crippen molar-refractivity contribution in [2.24, 2.45) is 0 Å². The molecule has 2 aromatic heterocycles. The number of aromatic nitrogens is 3. The minimum Gasteiger partial charge on any atom is -0.277 e. The van der Waals surface area contributed by atoms with Gasteiger partial charge < -0.3 is 0 Å². The van der Waals surface area contributed by atoms with Crippen LogP contribution in [0.25, 0.3) is 39.4 Å². The Labute approximate surface area is 157 Å². The van der Waals surface area contributed by atoms with E-state index in [0.717, 1.165) is 39.4 Å². The summed E-state index contributed by atoms with van der Waals surface area (Å²) in [6.07, 6.45) is 1.92. The van der Waals surface area contributed by atoms with Crippen LogP contribution in [0.3, 0.4) is 0 Å². The average Bonchev–Trinajstić information content (AvgIpc) is 3.14. The zero-order valence-electron chi connectivity index (χ0n) is 14.7. The third-order valence-corrected chi connectivity index (χ3v) is 4.65. The van der Waals surface area contributed by atoms with Crippen LogP contribution in [-0.2, 0) is 0 Å². The lowest BCUT2D eigenvalue weighted by molar-refractivity contribution is 1.08. The molecule has 5 aromatic rings. The van der Waals surface area contributed by atoms with Gasteiger partial charge in [0.25, 0.3) is 0 Å². The van der Waals surface area contributed by atoms with Crippen LogP contribution >= 0.6 is 0 Å². The van der Waals surface area contributed by atoms with Crippen molar-refractivity contribution < 1.29 is 0 Å². The summed E-state index contributed by atoms with van der Waals surface area (Å²) in [6, 6.07) is 32.9. The van der Waals surface area contributed by atoms with Crippen molar-refractivity contribution in [1.29, 1.82) is 0 Å². The van der Waals surface area contributed by atoms with Crippen LogP contribution in [-0.4, -0.2) is 14.5 Å². The lowest BCUT2D eigenvalue weighted by Gasteiger charge is -2.09. The first-order valence-electron chi connectivity index (χ1n) is 8.95. The van der Waals surface area contributed by atoms with Crippen LogP contribution in [0.2, 0.25) is 0 Å². The van der Waals surface area contributed by atoms with E-state index in [0.29, 0.717) is 0 Å². The number of imidazole rings is 1. The number of hydrogen-bond donors (Lipinski definition) is 0. The maximum Gasteiger partial charge on any atom is 0.164 e. The number of benzene rings is 3. The quantitative estimate of drug-likeness (QED) is 0.416. The molecule has 0 aliphatic heterocycles. The molecule has 0 aliphatic rings. The molecule has 0 fully saturated rings. The Morgan fingerprint density at radius 1 is 0.593 bits per heavy atom. The predicted molar refractivity (Wildman–Crippen MR) is 110 cm³/mol. The summed E-state index contributed by atoms with van der Waals surface area (Å²) < 4.78 is 2.12. The van der Waals surface area contributed by atoms with Gasteiger partial charge in [0.05, 0.1) is 0 Å². The fraction of sp³-hybridized carbons (Fsp3) is 0. The highest BCUT2D eigenvalue weighted by molar-refractivity contribution is 5.83. The summed E-state index contributed by atoms with van der Waals surface area (Å²) in [5.41, 5.74) is 6.08. The fourth-order valence-electron chi connectivity index (χ4n) is 3.36. The topological polar surface area (TPSA) is 30.7 Å². The van der Waals surface area contributed by atoms with Crippen LogP contribution in [0.5, 0.6) is 0 Å². The van der Waals surface area contributed by atoms with Gasteiger partial charge in [-0.1, -0.05) is 78.9 Å². The van der Waals surface area contributed by atoms with E-state index in [4.69, 9.17) is 9.97 Å². The first-order valence-corrected chi connectivity index (χ1v) is 8.95. The van der Waals surface area contributed by atoms with Gasteiger partial charge in [-0.05, 0) is 23.8 Å². The Morgan fingerprint density at radius 2 is 1.19 bits per heavy atom. The number of hydrogen-bond acceptors (Lipinski definition) is 2. The summed E-state index contributed by atoms with van der Waals surface area (Å²) in [6.45, 7) is 0. The van der Waals surface area contributed by atoms with Gasteiger partial charge in [0.1, 0.15) is 11.3 Å². The Hall–Kier alpha value is -3.72. The van der Waals surface area contributed by atoms with E-state index in [2.05, 4.69) is 47.0 Å². The van der Waals surface area contributed by atoms with Crippen molar-refractivity contribution in [1.82, 2.24) is 14.5 Å². The highest BCUT2D eigenvalue weighted by atomic mass is 15.1. The van der Waals surface area contributed by atoms with Crippen molar-refractivity contribution in [2.75, 3.05) is 0 Å². The fourth-order valence-corrected chi connectivity index (χ4v) is 3.36. The van der Waals surface area contributed by atoms with E-state index in [9.17, 15) is 0 Å². The van der Waals surface area contributed by atoms with Gasteiger partial charge in [0.15, 0.2) is 5.65 Å². The zero-order chi connectivity index (χ0) is 18.1. The Balaban J connectivity index is 1.77. The van der Waals surface area contributed by atoms with Gasteiger partial charge in [-0.25, -0.2) is 9.97 Å². The van der Waals surface area contributed by atoms with Crippen LogP contribution in [0.4, 0.5) is 0 Å². The highest BCUT2D eigenvalue weighted by Crippen LogP contribution is 2.29. The highest BCUT2D eigenvalue weighted by Gasteiger charge is 2.15. The lowest BCUT2D eigenvalue weighted by atomic mass is 10.1. The number of nitrogens with zero attached hydrogens (tertiary/aromatic N) is 3. The molecule has 0 saturated carbocycles. The monoisotopic (exact) mass is 347 g/mol. The van der Waals surface area contributed by atoms with Gasteiger partial charge in [-0.3, -0.25) is 4.57 Å². The molecule has 0 bridgehead atoms. The zero-order valence-corrected chi connectivity index (χ0v) is 14.7. The van der Waals surface area contributed by atoms with E-state index >= 15 is 0 Å².